The molecule has 0 spiro atoms. The van der Waals surface area contributed by atoms with E-state index in [1.807, 2.05) is 0 Å². The highest BCUT2D eigenvalue weighted by atomic mass is 16.4. The number of hydrogen-bond acceptors (Lipinski definition) is 7. The fraction of sp³-hybridized carbons (Fsp3) is 0.412. The largest absolute Gasteiger partial charge is 0.508 e. The van der Waals surface area contributed by atoms with Gasteiger partial charge in [0.2, 0.25) is 11.8 Å². The zero-order valence-corrected chi connectivity index (χ0v) is 14.9. The first-order chi connectivity index (χ1) is 13.1. The van der Waals surface area contributed by atoms with Gasteiger partial charge < -0.3 is 36.8 Å². The molecule has 11 heteroatoms. The topological polar surface area (TPSA) is 199 Å². The maximum absolute atomic E-state index is 12.2. The first kappa shape index (κ1) is 22.9. The number of carboxylic acid groups (broad SMARTS) is 2. The number of hydrogen-bond donors (Lipinski definition) is 7. The number of nitrogens with one attached hydrogen (secondary N) is 2. The Morgan fingerprint density at radius 1 is 0.964 bits per heavy atom. The Labute approximate surface area is 160 Å². The SMILES string of the molecule is NC(Cc1ccc(O)cc1)C(=O)NC(CO)C(=O)NC(CCC(=O)O)C(=O)O. The number of carbonyl (C=O) groups excluding carboxylic acids is 2. The van der Waals surface area contributed by atoms with Crippen LogP contribution < -0.4 is 16.4 Å². The number of carboxylic acids is 2. The average molecular weight is 397 g/mol. The lowest BCUT2D eigenvalue weighted by Gasteiger charge is -2.21. The second kappa shape index (κ2) is 10.8. The molecule has 0 radical (unpaired) electrons. The number of amides is 2. The van der Waals surface area contributed by atoms with Crippen LogP contribution in [-0.4, -0.2) is 68.9 Å². The molecular formula is C17H23N3O8. The van der Waals surface area contributed by atoms with E-state index in [1.165, 1.54) is 12.1 Å². The molecule has 1 rings (SSSR count). The molecule has 0 saturated carbocycles. The lowest BCUT2D eigenvalue weighted by molar-refractivity contribution is -0.143. The number of aliphatic hydroxyl groups excluding tert-OH is 1. The standard InChI is InChI=1S/C17H23N3O8/c18-11(7-9-1-3-10(22)4-2-9)15(25)20-13(8-21)16(26)19-12(17(27)28)5-6-14(23)24/h1-4,11-13,21-22H,5-8,18H2,(H,19,26)(H,20,25)(H,23,24)(H,27,28). The van der Waals surface area contributed by atoms with Gasteiger partial charge in [-0.05, 0) is 30.5 Å². The minimum absolute atomic E-state index is 0.0506. The molecule has 0 heterocycles. The van der Waals surface area contributed by atoms with Crippen LogP contribution in [0.3, 0.4) is 0 Å². The van der Waals surface area contributed by atoms with Crippen molar-refractivity contribution in [1.29, 1.82) is 0 Å². The second-order valence-corrected chi connectivity index (χ2v) is 6.05. The molecule has 0 aliphatic heterocycles. The number of phenols is 1. The van der Waals surface area contributed by atoms with Gasteiger partial charge in [0.05, 0.1) is 12.6 Å². The van der Waals surface area contributed by atoms with Crippen molar-refractivity contribution in [3.05, 3.63) is 29.8 Å². The number of phenolic OH excluding ortho intramolecular Hbond substituents is 1. The quantitative estimate of drug-likeness (QED) is 0.224. The third kappa shape index (κ3) is 7.60. The highest BCUT2D eigenvalue weighted by Crippen LogP contribution is 2.11. The number of benzene rings is 1. The molecule has 0 aromatic heterocycles. The van der Waals surface area contributed by atoms with Gasteiger partial charge >= 0.3 is 11.9 Å². The number of carbonyl (C=O) groups is 4. The molecule has 1 aromatic carbocycles. The van der Waals surface area contributed by atoms with Gasteiger partial charge in [-0.2, -0.15) is 0 Å². The average Bonchev–Trinajstić information content (AvgIpc) is 2.63. The maximum Gasteiger partial charge on any atom is 0.326 e. The van der Waals surface area contributed by atoms with Gasteiger partial charge in [-0.3, -0.25) is 14.4 Å². The number of aliphatic carboxylic acids is 2. The zero-order chi connectivity index (χ0) is 21.3. The molecule has 11 nitrogen and oxygen atoms in total. The predicted octanol–water partition coefficient (Wildman–Crippen LogP) is -1.83. The van der Waals surface area contributed by atoms with E-state index in [2.05, 4.69) is 10.6 Å². The van der Waals surface area contributed by atoms with Crippen molar-refractivity contribution < 1.29 is 39.6 Å². The smallest absolute Gasteiger partial charge is 0.326 e. The Morgan fingerprint density at radius 3 is 2.04 bits per heavy atom. The van der Waals surface area contributed by atoms with Gasteiger partial charge in [-0.15, -0.1) is 0 Å². The van der Waals surface area contributed by atoms with Gasteiger partial charge in [0.1, 0.15) is 17.8 Å². The fourth-order valence-corrected chi connectivity index (χ4v) is 2.25. The molecule has 154 valence electrons. The van der Waals surface area contributed by atoms with Crippen molar-refractivity contribution in [2.24, 2.45) is 5.73 Å². The third-order valence-corrected chi connectivity index (χ3v) is 3.81. The van der Waals surface area contributed by atoms with Crippen molar-refractivity contribution in [2.75, 3.05) is 6.61 Å². The van der Waals surface area contributed by atoms with Crippen LogP contribution in [0.2, 0.25) is 0 Å². The van der Waals surface area contributed by atoms with Crippen LogP contribution in [0.5, 0.6) is 5.75 Å². The van der Waals surface area contributed by atoms with E-state index in [-0.39, 0.29) is 18.6 Å². The van der Waals surface area contributed by atoms with Gasteiger partial charge in [0, 0.05) is 6.42 Å². The predicted molar refractivity (Wildman–Crippen MR) is 95.2 cm³/mol. The van der Waals surface area contributed by atoms with Gasteiger partial charge in [-0.25, -0.2) is 4.79 Å². The van der Waals surface area contributed by atoms with E-state index in [0.717, 1.165) is 0 Å². The zero-order valence-electron chi connectivity index (χ0n) is 14.9. The van der Waals surface area contributed by atoms with E-state index >= 15 is 0 Å². The Balaban J connectivity index is 2.65. The van der Waals surface area contributed by atoms with Crippen molar-refractivity contribution in [2.45, 2.75) is 37.4 Å². The molecule has 3 unspecified atom stereocenters. The van der Waals surface area contributed by atoms with Crippen LogP contribution in [-0.2, 0) is 25.6 Å². The number of aromatic hydroxyl groups is 1. The first-order valence-electron chi connectivity index (χ1n) is 8.33. The van der Waals surface area contributed by atoms with Gasteiger partial charge in [0.15, 0.2) is 0 Å². The summed E-state index contributed by atoms with van der Waals surface area (Å²) in [6, 6.07) is 1.98. The normalized spacial score (nSPS) is 13.8. The minimum Gasteiger partial charge on any atom is -0.508 e. The van der Waals surface area contributed by atoms with Crippen molar-refractivity contribution in [1.82, 2.24) is 10.6 Å². The lowest BCUT2D eigenvalue weighted by Crippen LogP contribution is -2.56. The molecule has 0 bridgehead atoms. The second-order valence-electron chi connectivity index (χ2n) is 6.05. The minimum atomic E-state index is -1.49. The summed E-state index contributed by atoms with van der Waals surface area (Å²) in [6.45, 7) is -0.811. The summed E-state index contributed by atoms with van der Waals surface area (Å²) in [5, 5.41) is 40.5. The van der Waals surface area contributed by atoms with Crippen LogP contribution in [0.15, 0.2) is 24.3 Å². The van der Waals surface area contributed by atoms with Crippen molar-refractivity contribution in [3.63, 3.8) is 0 Å². The third-order valence-electron chi connectivity index (χ3n) is 3.81. The summed E-state index contributed by atoms with van der Waals surface area (Å²) in [5.41, 5.74) is 6.43. The molecule has 0 aliphatic rings. The van der Waals surface area contributed by atoms with Crippen LogP contribution in [0, 0.1) is 0 Å². The Hall–Kier alpha value is -3.18. The molecule has 1 aromatic rings. The van der Waals surface area contributed by atoms with Crippen LogP contribution in [0.1, 0.15) is 18.4 Å². The van der Waals surface area contributed by atoms with Crippen molar-refractivity contribution >= 4 is 23.8 Å². The Morgan fingerprint density at radius 2 is 1.54 bits per heavy atom. The van der Waals surface area contributed by atoms with Crippen LogP contribution in [0.4, 0.5) is 0 Å². The van der Waals surface area contributed by atoms with E-state index in [4.69, 9.17) is 15.9 Å². The number of nitrogens with two attached hydrogens (primary N) is 1. The van der Waals surface area contributed by atoms with Crippen molar-refractivity contribution in [3.8, 4) is 5.75 Å². The van der Waals surface area contributed by atoms with E-state index in [1.54, 1.807) is 12.1 Å². The fourth-order valence-electron chi connectivity index (χ4n) is 2.25. The molecule has 3 atom stereocenters. The number of rotatable bonds is 11. The Bertz CT molecular complexity index is 707. The van der Waals surface area contributed by atoms with E-state index in [9.17, 15) is 29.4 Å². The highest BCUT2D eigenvalue weighted by molar-refractivity contribution is 5.92. The van der Waals surface area contributed by atoms with Gasteiger partial charge in [-0.1, -0.05) is 12.1 Å². The lowest BCUT2D eigenvalue weighted by atomic mass is 10.1. The number of aliphatic hydroxyl groups is 1. The molecular weight excluding hydrogens is 374 g/mol. The summed E-state index contributed by atoms with van der Waals surface area (Å²) in [5.74, 6) is -4.35. The highest BCUT2D eigenvalue weighted by Gasteiger charge is 2.27. The molecule has 0 fully saturated rings. The van der Waals surface area contributed by atoms with E-state index < -0.39 is 54.9 Å². The summed E-state index contributed by atoms with van der Waals surface area (Å²) in [7, 11) is 0. The summed E-state index contributed by atoms with van der Waals surface area (Å²) in [6.07, 6.45) is -0.740. The molecule has 8 N–H and O–H groups in total. The van der Waals surface area contributed by atoms with Gasteiger partial charge in [0.25, 0.3) is 0 Å². The molecule has 0 aliphatic carbocycles. The molecule has 0 saturated heterocycles. The Kier molecular flexibility index (Phi) is 8.85. The van der Waals surface area contributed by atoms with E-state index in [0.29, 0.717) is 5.56 Å². The maximum atomic E-state index is 12.2. The van der Waals surface area contributed by atoms with Crippen LogP contribution in [0.25, 0.3) is 0 Å². The summed E-state index contributed by atoms with van der Waals surface area (Å²) in [4.78, 5) is 46.0. The van der Waals surface area contributed by atoms with Crippen LogP contribution >= 0.6 is 0 Å². The summed E-state index contributed by atoms with van der Waals surface area (Å²) < 4.78 is 0. The monoisotopic (exact) mass is 397 g/mol. The molecule has 28 heavy (non-hydrogen) atoms. The first-order valence-corrected chi connectivity index (χ1v) is 8.33. The molecule has 2 amide bonds. The summed E-state index contributed by atoms with van der Waals surface area (Å²) >= 11 is 0.